The van der Waals surface area contributed by atoms with E-state index in [1.54, 1.807) is 17.0 Å². The summed E-state index contributed by atoms with van der Waals surface area (Å²) in [4.78, 5) is 47.8. The Bertz CT molecular complexity index is 1730. The third-order valence-corrected chi connectivity index (χ3v) is 7.62. The molecule has 5 aromatic rings. The fourth-order valence-electron chi connectivity index (χ4n) is 4.73. The van der Waals surface area contributed by atoms with Crippen LogP contribution in [0.25, 0.3) is 34.2 Å². The third kappa shape index (κ3) is 4.11. The maximum absolute atomic E-state index is 13.7. The summed E-state index contributed by atoms with van der Waals surface area (Å²) in [6.07, 6.45) is 0. The van der Waals surface area contributed by atoms with Gasteiger partial charge in [-0.2, -0.15) is 4.99 Å². The van der Waals surface area contributed by atoms with Crippen molar-refractivity contribution in [2.45, 2.75) is 10.8 Å². The second-order valence-electron chi connectivity index (χ2n) is 9.07. The van der Waals surface area contributed by atoms with Gasteiger partial charge in [-0.15, -0.1) is 0 Å². The van der Waals surface area contributed by atoms with Crippen molar-refractivity contribution in [1.29, 1.82) is 0 Å². The highest BCUT2D eigenvalue weighted by atomic mass is 32.2. The molecule has 7 nitrogen and oxygen atoms in total. The summed E-state index contributed by atoms with van der Waals surface area (Å²) in [7, 11) is 0. The van der Waals surface area contributed by atoms with Crippen molar-refractivity contribution in [2.75, 3.05) is 4.90 Å². The van der Waals surface area contributed by atoms with Crippen molar-refractivity contribution >= 4 is 34.4 Å². The predicted molar refractivity (Wildman–Crippen MR) is 151 cm³/mol. The van der Waals surface area contributed by atoms with E-state index in [0.717, 1.165) is 21.7 Å². The summed E-state index contributed by atoms with van der Waals surface area (Å²) in [5, 5.41) is 0.399. The van der Waals surface area contributed by atoms with Crippen LogP contribution in [0.15, 0.2) is 119 Å². The predicted octanol–water partition coefficient (Wildman–Crippen LogP) is 5.99. The quantitative estimate of drug-likeness (QED) is 0.268. The van der Waals surface area contributed by atoms with Gasteiger partial charge in [0.25, 0.3) is 5.91 Å². The van der Waals surface area contributed by atoms with E-state index in [1.165, 1.54) is 11.8 Å². The van der Waals surface area contributed by atoms with Crippen LogP contribution >= 0.6 is 11.8 Å². The molecule has 0 saturated carbocycles. The molecule has 1 aromatic heterocycles. The van der Waals surface area contributed by atoms with Gasteiger partial charge in [-0.3, -0.25) is 14.5 Å². The number of carbonyl (C=O) groups is 2. The molecule has 0 spiro atoms. The number of amidine groups is 1. The Balaban J connectivity index is 1.32. The second kappa shape index (κ2) is 9.41. The van der Waals surface area contributed by atoms with Crippen LogP contribution in [0, 0.1) is 0 Å². The molecule has 0 N–H and O–H groups in total. The van der Waals surface area contributed by atoms with Crippen LogP contribution < -0.4 is 4.90 Å². The number of rotatable bonds is 4. The number of aliphatic imine (C=N–C) groups is 1. The molecule has 7 rings (SSSR count). The second-order valence-corrected chi connectivity index (χ2v) is 10.1. The van der Waals surface area contributed by atoms with E-state index in [4.69, 9.17) is 15.0 Å². The zero-order valence-corrected chi connectivity index (χ0v) is 21.2. The number of thioether (sulfide) groups is 1. The third-order valence-electron chi connectivity index (χ3n) is 6.60. The first kappa shape index (κ1) is 23.2. The highest BCUT2D eigenvalue weighted by molar-refractivity contribution is 8.15. The zero-order valence-electron chi connectivity index (χ0n) is 20.4. The highest BCUT2D eigenvalue weighted by Crippen LogP contribution is 2.44. The number of fused-ring (bicyclic) bond motifs is 3. The molecule has 1 unspecified atom stereocenters. The number of hydrogen-bond acceptors (Lipinski definition) is 6. The van der Waals surface area contributed by atoms with Gasteiger partial charge in [0.15, 0.2) is 22.6 Å². The lowest BCUT2D eigenvalue weighted by atomic mass is 9.94. The Hall–Kier alpha value is -4.95. The fraction of sp³-hybridized carbons (Fsp3) is 0.0323. The first-order valence-electron chi connectivity index (χ1n) is 12.4. The first-order valence-corrected chi connectivity index (χ1v) is 13.2. The number of benzene rings is 4. The van der Waals surface area contributed by atoms with Gasteiger partial charge in [0.05, 0.1) is 5.69 Å². The summed E-state index contributed by atoms with van der Waals surface area (Å²) in [6.45, 7) is 0. The molecule has 4 aromatic carbocycles. The minimum absolute atomic E-state index is 0.315. The number of anilines is 1. The lowest BCUT2D eigenvalue weighted by molar-refractivity contribution is -0.128. The molecule has 3 heterocycles. The standard InChI is InChI=1S/C31H19N5O2S/c37-29-25(30(38)36-23-16-7-8-17-24(23)39-31(36)35-29)21-14-9-15-22(18-21)28-33-26(19-10-3-1-4-11-19)32-27(34-28)20-12-5-2-6-13-20/h1-18,25H. The minimum Gasteiger partial charge on any atom is -0.273 e. The van der Waals surface area contributed by atoms with Gasteiger partial charge in [-0.25, -0.2) is 15.0 Å². The van der Waals surface area contributed by atoms with Gasteiger partial charge in [0.1, 0.15) is 5.92 Å². The van der Waals surface area contributed by atoms with Crippen molar-refractivity contribution < 1.29 is 9.59 Å². The first-order chi connectivity index (χ1) is 19.2. The average molecular weight is 526 g/mol. The molecular weight excluding hydrogens is 506 g/mol. The Labute approximate surface area is 228 Å². The minimum atomic E-state index is -1.05. The van der Waals surface area contributed by atoms with E-state index in [0.29, 0.717) is 33.8 Å². The maximum Gasteiger partial charge on any atom is 0.265 e. The SMILES string of the molecule is O=C1N=C2Sc3ccccc3N2C(=O)C1c1cccc(-c2nc(-c3ccccc3)nc(-c3ccccc3)n2)c1. The largest absolute Gasteiger partial charge is 0.273 e. The smallest absolute Gasteiger partial charge is 0.265 e. The van der Waals surface area contributed by atoms with Crippen LogP contribution in [0.4, 0.5) is 5.69 Å². The van der Waals surface area contributed by atoms with Crippen LogP contribution in [-0.2, 0) is 9.59 Å². The van der Waals surface area contributed by atoms with Gasteiger partial charge in [-0.1, -0.05) is 91.0 Å². The summed E-state index contributed by atoms with van der Waals surface area (Å²) in [5.41, 5.74) is 3.69. The molecule has 0 radical (unpaired) electrons. The average Bonchev–Trinajstić information content (AvgIpc) is 3.36. The van der Waals surface area contributed by atoms with Crippen molar-refractivity contribution in [3.05, 3.63) is 115 Å². The van der Waals surface area contributed by atoms with Crippen molar-refractivity contribution in [2.24, 2.45) is 4.99 Å². The number of amides is 2. The molecule has 1 atom stereocenters. The molecule has 0 saturated heterocycles. The van der Waals surface area contributed by atoms with Crippen molar-refractivity contribution in [1.82, 2.24) is 15.0 Å². The zero-order chi connectivity index (χ0) is 26.3. The lowest BCUT2D eigenvalue weighted by Gasteiger charge is -2.26. The van der Waals surface area contributed by atoms with Gasteiger partial charge < -0.3 is 0 Å². The van der Waals surface area contributed by atoms with E-state index >= 15 is 0 Å². The van der Waals surface area contributed by atoms with Crippen molar-refractivity contribution in [3.8, 4) is 34.2 Å². The summed E-state index contributed by atoms with van der Waals surface area (Å²) in [5.74, 6) is -0.320. The molecule has 8 heteroatoms. The normalized spacial score (nSPS) is 16.1. The lowest BCUT2D eigenvalue weighted by Crippen LogP contribution is -2.43. The van der Waals surface area contributed by atoms with E-state index in [9.17, 15) is 9.59 Å². The number of hydrogen-bond donors (Lipinski definition) is 0. The van der Waals surface area contributed by atoms with Crippen LogP contribution in [0.1, 0.15) is 11.5 Å². The van der Waals surface area contributed by atoms with Crippen LogP contribution in [0.2, 0.25) is 0 Å². The molecule has 2 aliphatic heterocycles. The van der Waals surface area contributed by atoms with Crippen LogP contribution in [0.3, 0.4) is 0 Å². The van der Waals surface area contributed by atoms with E-state index in [1.807, 2.05) is 97.1 Å². The molecule has 2 amide bonds. The number of nitrogens with zero attached hydrogens (tertiary/aromatic N) is 5. The molecule has 39 heavy (non-hydrogen) atoms. The Morgan fingerprint density at radius 3 is 1.85 bits per heavy atom. The molecule has 2 aliphatic rings. The molecular formula is C31H19N5O2S. The number of para-hydroxylation sites is 1. The number of carbonyl (C=O) groups excluding carboxylic acids is 2. The Morgan fingerprint density at radius 1 is 0.615 bits per heavy atom. The summed E-state index contributed by atoms with van der Waals surface area (Å²) >= 11 is 1.33. The summed E-state index contributed by atoms with van der Waals surface area (Å²) < 4.78 is 0. The van der Waals surface area contributed by atoms with E-state index < -0.39 is 11.8 Å². The Kier molecular flexibility index (Phi) is 5.60. The van der Waals surface area contributed by atoms with Crippen molar-refractivity contribution in [3.63, 3.8) is 0 Å². The van der Waals surface area contributed by atoms with Gasteiger partial charge in [0, 0.05) is 21.6 Å². The summed E-state index contributed by atoms with van der Waals surface area (Å²) in [6, 6.07) is 34.2. The fourth-order valence-corrected chi connectivity index (χ4v) is 5.76. The molecule has 186 valence electrons. The van der Waals surface area contributed by atoms with E-state index in [-0.39, 0.29) is 5.91 Å². The van der Waals surface area contributed by atoms with E-state index in [2.05, 4.69) is 4.99 Å². The van der Waals surface area contributed by atoms with Gasteiger partial charge >= 0.3 is 0 Å². The van der Waals surface area contributed by atoms with Crippen LogP contribution in [0.5, 0.6) is 0 Å². The molecule has 0 aliphatic carbocycles. The molecule has 0 fully saturated rings. The van der Waals surface area contributed by atoms with Crippen LogP contribution in [-0.4, -0.2) is 31.9 Å². The monoisotopic (exact) mass is 525 g/mol. The van der Waals surface area contributed by atoms with Gasteiger partial charge in [-0.05, 0) is 35.5 Å². The number of aromatic nitrogens is 3. The topological polar surface area (TPSA) is 88.4 Å². The van der Waals surface area contributed by atoms with Gasteiger partial charge in [0.2, 0.25) is 5.91 Å². The molecule has 0 bridgehead atoms. The highest BCUT2D eigenvalue weighted by Gasteiger charge is 2.43. The Morgan fingerprint density at radius 2 is 1.18 bits per heavy atom. The maximum atomic E-state index is 13.7.